The molecule has 1 aromatic heterocycles. The zero-order valence-corrected chi connectivity index (χ0v) is 22.8. The van der Waals surface area contributed by atoms with E-state index in [1.165, 1.54) is 54.3 Å². The highest BCUT2D eigenvalue weighted by Crippen LogP contribution is 2.38. The largest absolute Gasteiger partial charge is 0.495 e. The van der Waals surface area contributed by atoms with Crippen LogP contribution >= 0.6 is 11.6 Å². The fraction of sp³-hybridized carbons (Fsp3) is 0.321. The van der Waals surface area contributed by atoms with Crippen LogP contribution in [0.15, 0.2) is 59.5 Å². The molecule has 3 rings (SSSR count). The van der Waals surface area contributed by atoms with Crippen molar-refractivity contribution in [2.45, 2.75) is 52.4 Å². The molecule has 0 spiro atoms. The molecule has 0 bridgehead atoms. The normalized spacial score (nSPS) is 12.1. The molecule has 0 aliphatic carbocycles. The number of rotatable bonds is 9. The summed E-state index contributed by atoms with van der Waals surface area (Å²) in [5.41, 5.74) is -0.183. The average molecular weight is 563 g/mol. The minimum Gasteiger partial charge on any atom is -0.495 e. The van der Waals surface area contributed by atoms with E-state index in [1.807, 2.05) is 0 Å². The average Bonchev–Trinajstić information content (AvgIpc) is 2.85. The molecule has 0 radical (unpaired) electrons. The third-order valence-electron chi connectivity index (χ3n) is 5.52. The summed E-state index contributed by atoms with van der Waals surface area (Å²) in [6, 6.07) is 10.4. The van der Waals surface area contributed by atoms with E-state index >= 15 is 0 Å². The summed E-state index contributed by atoms with van der Waals surface area (Å²) in [7, 11) is 1.35. The molecule has 0 aliphatic heterocycles. The number of anilines is 1. The number of amides is 1. The van der Waals surface area contributed by atoms with E-state index in [0.717, 1.165) is 0 Å². The van der Waals surface area contributed by atoms with Gasteiger partial charge in [0.1, 0.15) is 23.1 Å². The van der Waals surface area contributed by atoms with Gasteiger partial charge in [-0.2, -0.15) is 8.78 Å². The highest BCUT2D eigenvalue weighted by molar-refractivity contribution is 6.31. The number of benzene rings is 2. The van der Waals surface area contributed by atoms with E-state index in [1.54, 1.807) is 39.8 Å². The van der Waals surface area contributed by atoms with Gasteiger partial charge in [0.05, 0.1) is 18.9 Å². The van der Waals surface area contributed by atoms with Crippen LogP contribution in [0.3, 0.4) is 0 Å². The first-order chi connectivity index (χ1) is 18.3. The lowest BCUT2D eigenvalue weighted by Gasteiger charge is -2.21. The number of carbonyl (C=O) groups excluding carboxylic acids is 2. The summed E-state index contributed by atoms with van der Waals surface area (Å²) >= 11 is 6.07. The van der Waals surface area contributed by atoms with Gasteiger partial charge in [-0.1, -0.05) is 18.5 Å². The lowest BCUT2D eigenvalue weighted by molar-refractivity contribution is -0.119. The van der Waals surface area contributed by atoms with Crippen LogP contribution in [0.1, 0.15) is 50.5 Å². The number of ether oxygens (including phenoxy) is 3. The van der Waals surface area contributed by atoms with Crippen molar-refractivity contribution in [3.05, 3.63) is 75.7 Å². The summed E-state index contributed by atoms with van der Waals surface area (Å²) in [6.07, 6.45) is 1.59. The predicted octanol–water partition coefficient (Wildman–Crippen LogP) is 6.32. The topological polar surface area (TPSA) is 95.9 Å². The Morgan fingerprint density at radius 2 is 1.67 bits per heavy atom. The standard InChI is InChI=1S/C28H29ClF2N2O6/c1-6-21(25(35)32-18-10-7-16(8-11-18)26(36)39-28(2,3)4)33-15-23(37-5)20(14-24(33)34)19-13-17(29)9-12-22(19)38-27(30)31/h7-15,21,27H,6H2,1-5H3,(H,32,35). The quantitative estimate of drug-likeness (QED) is 0.306. The monoisotopic (exact) mass is 562 g/mol. The van der Waals surface area contributed by atoms with Crippen molar-refractivity contribution < 1.29 is 32.6 Å². The summed E-state index contributed by atoms with van der Waals surface area (Å²) in [4.78, 5) is 38.5. The third-order valence-corrected chi connectivity index (χ3v) is 5.76. The Bertz CT molecular complexity index is 1400. The molecule has 0 fully saturated rings. The Morgan fingerprint density at radius 3 is 2.23 bits per heavy atom. The molecule has 11 heteroatoms. The molecule has 39 heavy (non-hydrogen) atoms. The molecule has 0 saturated carbocycles. The summed E-state index contributed by atoms with van der Waals surface area (Å²) in [5.74, 6) is -1.02. The summed E-state index contributed by atoms with van der Waals surface area (Å²) in [5, 5.41) is 2.98. The van der Waals surface area contributed by atoms with Gasteiger partial charge < -0.3 is 19.5 Å². The Balaban J connectivity index is 1.90. The van der Waals surface area contributed by atoms with Gasteiger partial charge in [-0.15, -0.1) is 0 Å². The first-order valence-corrected chi connectivity index (χ1v) is 12.4. The Labute approximate surface area is 229 Å². The Hall–Kier alpha value is -3.92. The van der Waals surface area contributed by atoms with Crippen LogP contribution < -0.4 is 20.3 Å². The van der Waals surface area contributed by atoms with Crippen LogP contribution in [-0.4, -0.2) is 35.8 Å². The molecular formula is C28H29ClF2N2O6. The lowest BCUT2D eigenvalue weighted by Crippen LogP contribution is -2.32. The van der Waals surface area contributed by atoms with Gasteiger partial charge in [-0.25, -0.2) is 4.79 Å². The van der Waals surface area contributed by atoms with E-state index in [-0.39, 0.29) is 34.1 Å². The molecule has 1 atom stereocenters. The number of carbonyl (C=O) groups is 2. The van der Waals surface area contributed by atoms with Crippen molar-refractivity contribution in [3.8, 4) is 22.6 Å². The number of nitrogens with one attached hydrogen (secondary N) is 1. The Kier molecular flexibility index (Phi) is 9.34. The van der Waals surface area contributed by atoms with Crippen molar-refractivity contribution in [1.82, 2.24) is 4.57 Å². The van der Waals surface area contributed by atoms with Crippen LogP contribution in [0.2, 0.25) is 5.02 Å². The molecule has 8 nitrogen and oxygen atoms in total. The zero-order valence-electron chi connectivity index (χ0n) is 22.1. The number of nitrogens with zero attached hydrogens (tertiary/aromatic N) is 1. The number of hydrogen-bond donors (Lipinski definition) is 1. The molecule has 1 amide bonds. The fourth-order valence-corrected chi connectivity index (χ4v) is 3.99. The van der Waals surface area contributed by atoms with E-state index < -0.39 is 35.7 Å². The molecule has 1 unspecified atom stereocenters. The molecule has 1 N–H and O–H groups in total. The van der Waals surface area contributed by atoms with Crippen molar-refractivity contribution >= 4 is 29.2 Å². The zero-order chi connectivity index (χ0) is 28.9. The van der Waals surface area contributed by atoms with Gasteiger partial charge in [-0.3, -0.25) is 14.2 Å². The van der Waals surface area contributed by atoms with Crippen molar-refractivity contribution in [1.29, 1.82) is 0 Å². The lowest BCUT2D eigenvalue weighted by atomic mass is 10.0. The van der Waals surface area contributed by atoms with E-state index in [2.05, 4.69) is 10.1 Å². The molecule has 3 aromatic rings. The molecule has 2 aromatic carbocycles. The highest BCUT2D eigenvalue weighted by atomic mass is 35.5. The number of pyridine rings is 1. The number of alkyl halides is 2. The molecule has 1 heterocycles. The maximum Gasteiger partial charge on any atom is 0.387 e. The van der Waals surface area contributed by atoms with Gasteiger partial charge in [0, 0.05) is 27.9 Å². The first kappa shape index (κ1) is 29.6. The third kappa shape index (κ3) is 7.57. The van der Waals surface area contributed by atoms with Crippen molar-refractivity contribution in [2.24, 2.45) is 0 Å². The van der Waals surface area contributed by atoms with Gasteiger partial charge in [-0.05, 0) is 69.7 Å². The summed E-state index contributed by atoms with van der Waals surface area (Å²) in [6.45, 7) is 3.92. The number of hydrogen-bond acceptors (Lipinski definition) is 6. The van der Waals surface area contributed by atoms with Gasteiger partial charge in [0.2, 0.25) is 5.91 Å². The van der Waals surface area contributed by atoms with Crippen LogP contribution in [0.5, 0.6) is 11.5 Å². The van der Waals surface area contributed by atoms with Crippen LogP contribution in [0.4, 0.5) is 14.5 Å². The van der Waals surface area contributed by atoms with Crippen molar-refractivity contribution in [2.75, 3.05) is 12.4 Å². The first-order valence-electron chi connectivity index (χ1n) is 12.0. The van der Waals surface area contributed by atoms with Gasteiger partial charge >= 0.3 is 12.6 Å². The Morgan fingerprint density at radius 1 is 1.03 bits per heavy atom. The van der Waals surface area contributed by atoms with Crippen LogP contribution in [0, 0.1) is 0 Å². The number of esters is 1. The molecule has 0 saturated heterocycles. The maximum atomic E-state index is 13.2. The van der Waals surface area contributed by atoms with E-state index in [4.69, 9.17) is 21.1 Å². The number of methoxy groups -OCH3 is 1. The molecule has 208 valence electrons. The molecule has 0 aliphatic rings. The second kappa shape index (κ2) is 12.3. The van der Waals surface area contributed by atoms with Crippen molar-refractivity contribution in [3.63, 3.8) is 0 Å². The van der Waals surface area contributed by atoms with Gasteiger partial charge in [0.15, 0.2) is 0 Å². The van der Waals surface area contributed by atoms with E-state index in [0.29, 0.717) is 11.3 Å². The minimum absolute atomic E-state index is 0.131. The van der Waals surface area contributed by atoms with Crippen LogP contribution in [-0.2, 0) is 9.53 Å². The smallest absolute Gasteiger partial charge is 0.387 e. The fourth-order valence-electron chi connectivity index (χ4n) is 3.82. The predicted molar refractivity (Wildman–Crippen MR) is 144 cm³/mol. The number of halogens is 3. The minimum atomic E-state index is -3.09. The molecular weight excluding hydrogens is 534 g/mol. The second-order valence-electron chi connectivity index (χ2n) is 9.51. The summed E-state index contributed by atoms with van der Waals surface area (Å²) < 4.78 is 42.5. The number of aromatic nitrogens is 1. The van der Waals surface area contributed by atoms with Gasteiger partial charge in [0.25, 0.3) is 5.56 Å². The second-order valence-corrected chi connectivity index (χ2v) is 9.95. The maximum absolute atomic E-state index is 13.2. The highest BCUT2D eigenvalue weighted by Gasteiger charge is 2.24. The van der Waals surface area contributed by atoms with Crippen LogP contribution in [0.25, 0.3) is 11.1 Å². The SMILES string of the molecule is CCC(C(=O)Nc1ccc(C(=O)OC(C)(C)C)cc1)n1cc(OC)c(-c2cc(Cl)ccc2OC(F)F)cc1=O. The van der Waals surface area contributed by atoms with E-state index in [9.17, 15) is 23.2 Å².